The minimum Gasteiger partial charge on any atom is -0.481 e. The van der Waals surface area contributed by atoms with E-state index in [2.05, 4.69) is 0 Å². The summed E-state index contributed by atoms with van der Waals surface area (Å²) in [6.45, 7) is 5.31. The van der Waals surface area contributed by atoms with Gasteiger partial charge in [-0.1, -0.05) is 79.5 Å². The molecule has 1 heterocycles. The van der Waals surface area contributed by atoms with E-state index in [0.717, 1.165) is 0 Å². The first-order chi connectivity index (χ1) is 20.9. The topological polar surface area (TPSA) is 104 Å². The van der Waals surface area contributed by atoms with Crippen LogP contribution in [0.4, 0.5) is 4.39 Å². The van der Waals surface area contributed by atoms with Crippen molar-refractivity contribution >= 4 is 46.0 Å². The quantitative estimate of drug-likeness (QED) is 0.227. The first-order valence-corrected chi connectivity index (χ1v) is 16.1. The number of hydrogen-bond donors (Lipinski definition) is 2. The molecular formula is C32H35Cl2FN2O6S. The molecule has 1 unspecified atom stereocenters. The Bertz CT molecular complexity index is 1550. The molecule has 0 radical (unpaired) electrons. The lowest BCUT2D eigenvalue weighted by Crippen LogP contribution is -2.59. The predicted molar refractivity (Wildman–Crippen MR) is 168 cm³/mol. The molecule has 3 aromatic rings. The molecule has 1 saturated heterocycles. The number of morpholine rings is 1. The number of thiol groups is 1. The fourth-order valence-electron chi connectivity index (χ4n) is 5.67. The maximum Gasteiger partial charge on any atom is 0.306 e. The predicted octanol–water partition coefficient (Wildman–Crippen LogP) is 6.10. The standard InChI is InChI=1S/C32H35Cl2FN2O6S/c1-19(2)27(18-36(44(41)42)20(3)15-22-7-4-5-10-26(22)35)37-30(21-11-13-24(33)14-12-21)31(23-8-6-9-25(34)16-23)43-28(32(37)40)17-29(38)39/h4-14,16,19-20,27-28,30-31,44H,15,17-18H2,1-3H3,(H,38,39)/t20?,27-,28-,30-,31-/m1/s1. The molecule has 8 nitrogen and oxygen atoms in total. The van der Waals surface area contributed by atoms with Crippen molar-refractivity contribution in [2.24, 2.45) is 5.92 Å². The third-order valence-corrected chi connectivity index (χ3v) is 9.33. The average molecular weight is 666 g/mol. The molecule has 1 aliphatic rings. The summed E-state index contributed by atoms with van der Waals surface area (Å²) in [5.74, 6) is -2.52. The number of aliphatic carboxylic acids is 1. The molecule has 1 N–H and O–H groups in total. The highest BCUT2D eigenvalue weighted by Gasteiger charge is 2.48. The second-order valence-corrected chi connectivity index (χ2v) is 13.1. The molecular weight excluding hydrogens is 630 g/mol. The number of halogens is 3. The molecule has 0 spiro atoms. The Morgan fingerprint density at radius 2 is 1.68 bits per heavy atom. The number of ether oxygens (including phenoxy) is 1. The van der Waals surface area contributed by atoms with Crippen molar-refractivity contribution in [1.29, 1.82) is 0 Å². The van der Waals surface area contributed by atoms with Crippen molar-refractivity contribution in [3.8, 4) is 0 Å². The van der Waals surface area contributed by atoms with E-state index >= 15 is 0 Å². The Kier molecular flexibility index (Phi) is 11.4. The highest BCUT2D eigenvalue weighted by Crippen LogP contribution is 2.45. The number of carboxylic acids is 1. The number of hydrogen-bond acceptors (Lipinski definition) is 5. The second-order valence-electron chi connectivity index (χ2n) is 11.3. The van der Waals surface area contributed by atoms with Gasteiger partial charge in [0.15, 0.2) is 0 Å². The fraction of sp³-hybridized carbons (Fsp3) is 0.375. The molecule has 0 saturated carbocycles. The number of carbonyl (C=O) groups is 2. The second kappa shape index (κ2) is 14.8. The van der Waals surface area contributed by atoms with Crippen LogP contribution in [-0.2, 0) is 31.6 Å². The molecule has 44 heavy (non-hydrogen) atoms. The molecule has 1 amide bonds. The lowest BCUT2D eigenvalue weighted by Gasteiger charge is -2.50. The molecule has 3 aromatic carbocycles. The van der Waals surface area contributed by atoms with Gasteiger partial charge in [0.05, 0.1) is 12.5 Å². The molecule has 0 aromatic heterocycles. The number of carbonyl (C=O) groups excluding carboxylic acids is 1. The van der Waals surface area contributed by atoms with E-state index in [4.69, 9.17) is 27.9 Å². The van der Waals surface area contributed by atoms with Crippen LogP contribution in [0.1, 0.15) is 56.0 Å². The first-order valence-electron chi connectivity index (χ1n) is 14.2. The Morgan fingerprint density at radius 3 is 2.27 bits per heavy atom. The van der Waals surface area contributed by atoms with Crippen LogP contribution in [0.3, 0.4) is 0 Å². The van der Waals surface area contributed by atoms with Gasteiger partial charge in [-0.15, -0.1) is 0 Å². The van der Waals surface area contributed by atoms with Gasteiger partial charge in [0.25, 0.3) is 5.91 Å². The fourth-order valence-corrected chi connectivity index (χ4v) is 6.70. The van der Waals surface area contributed by atoms with Gasteiger partial charge in [-0.25, -0.2) is 12.8 Å². The molecule has 0 bridgehead atoms. The maximum absolute atomic E-state index is 14.5. The normalized spacial score (nSPS) is 20.3. The van der Waals surface area contributed by atoms with E-state index in [1.807, 2.05) is 13.8 Å². The number of benzene rings is 3. The number of amides is 1. The van der Waals surface area contributed by atoms with E-state index in [1.54, 1.807) is 78.6 Å². The summed E-state index contributed by atoms with van der Waals surface area (Å²) < 4.78 is 47.4. The van der Waals surface area contributed by atoms with Crippen molar-refractivity contribution in [1.82, 2.24) is 9.21 Å². The third kappa shape index (κ3) is 7.97. The van der Waals surface area contributed by atoms with Crippen LogP contribution in [0.15, 0.2) is 72.8 Å². The molecule has 0 aliphatic carbocycles. The third-order valence-electron chi connectivity index (χ3n) is 7.87. The molecule has 1 fully saturated rings. The van der Waals surface area contributed by atoms with E-state index in [0.29, 0.717) is 26.7 Å². The van der Waals surface area contributed by atoms with Crippen molar-refractivity contribution in [3.05, 3.63) is 105 Å². The Labute approximate surface area is 268 Å². The van der Waals surface area contributed by atoms with Crippen molar-refractivity contribution in [2.45, 2.75) is 63.9 Å². The highest BCUT2D eigenvalue weighted by molar-refractivity contribution is 7.69. The summed E-state index contributed by atoms with van der Waals surface area (Å²) in [6.07, 6.45) is -2.66. The van der Waals surface area contributed by atoms with Gasteiger partial charge in [0, 0.05) is 28.7 Å². The summed E-state index contributed by atoms with van der Waals surface area (Å²) >= 11 is 12.5. The van der Waals surface area contributed by atoms with Crippen LogP contribution in [0, 0.1) is 11.7 Å². The van der Waals surface area contributed by atoms with E-state index in [9.17, 15) is 27.5 Å². The molecule has 12 heteroatoms. The van der Waals surface area contributed by atoms with Crippen LogP contribution in [-0.4, -0.2) is 59.3 Å². The largest absolute Gasteiger partial charge is 0.481 e. The van der Waals surface area contributed by atoms with Crippen molar-refractivity contribution in [3.63, 3.8) is 0 Å². The van der Waals surface area contributed by atoms with Gasteiger partial charge in [-0.05, 0) is 66.3 Å². The molecule has 4 rings (SSSR count). The average Bonchev–Trinajstić information content (AvgIpc) is 2.96. The lowest BCUT2D eigenvalue weighted by atomic mass is 9.87. The molecule has 236 valence electrons. The van der Waals surface area contributed by atoms with Gasteiger partial charge in [-0.2, -0.15) is 4.31 Å². The summed E-state index contributed by atoms with van der Waals surface area (Å²) in [7, 11) is -3.15. The van der Waals surface area contributed by atoms with Gasteiger partial charge >= 0.3 is 5.97 Å². The van der Waals surface area contributed by atoms with Gasteiger partial charge < -0.3 is 14.7 Å². The Hall–Kier alpha value is -3.02. The zero-order valence-electron chi connectivity index (χ0n) is 24.5. The van der Waals surface area contributed by atoms with Gasteiger partial charge in [0.2, 0.25) is 10.9 Å². The van der Waals surface area contributed by atoms with Crippen LogP contribution >= 0.6 is 23.2 Å². The minimum absolute atomic E-state index is 0.107. The van der Waals surface area contributed by atoms with Gasteiger partial charge in [0.1, 0.15) is 18.0 Å². The summed E-state index contributed by atoms with van der Waals surface area (Å²) in [4.78, 5) is 27.7. The van der Waals surface area contributed by atoms with E-state index < -0.39 is 65.3 Å². The van der Waals surface area contributed by atoms with Crippen molar-refractivity contribution in [2.75, 3.05) is 6.54 Å². The van der Waals surface area contributed by atoms with Crippen LogP contribution < -0.4 is 0 Å². The summed E-state index contributed by atoms with van der Waals surface area (Å²) in [5, 5.41) is 10.6. The number of carboxylic acid groups (broad SMARTS) is 1. The minimum atomic E-state index is -3.15. The van der Waals surface area contributed by atoms with E-state index in [-0.39, 0.29) is 18.9 Å². The molecule has 1 aliphatic heterocycles. The van der Waals surface area contributed by atoms with Crippen LogP contribution in [0.5, 0.6) is 0 Å². The summed E-state index contributed by atoms with van der Waals surface area (Å²) in [6, 6.07) is 17.8. The monoisotopic (exact) mass is 664 g/mol. The van der Waals surface area contributed by atoms with Crippen molar-refractivity contribution < 1.29 is 32.2 Å². The first kappa shape index (κ1) is 33.9. The maximum atomic E-state index is 14.5. The van der Waals surface area contributed by atoms with E-state index in [1.165, 1.54) is 10.4 Å². The van der Waals surface area contributed by atoms with Crippen LogP contribution in [0.25, 0.3) is 0 Å². The Balaban J connectivity index is 1.83. The molecule has 5 atom stereocenters. The zero-order chi connectivity index (χ0) is 32.1. The zero-order valence-corrected chi connectivity index (χ0v) is 26.9. The smallest absolute Gasteiger partial charge is 0.306 e. The summed E-state index contributed by atoms with van der Waals surface area (Å²) in [5.41, 5.74) is 1.64. The highest BCUT2D eigenvalue weighted by atomic mass is 35.5. The number of rotatable bonds is 12. The SMILES string of the molecule is CC(C)[C@@H](CN(C(C)Cc1ccccc1F)[SH](=O)=O)N1C(=O)[C@@H](CC(=O)O)O[C@H](c2cccc(Cl)c2)[C@H]1c1ccc(Cl)cc1. The Morgan fingerprint density at radius 1 is 1.00 bits per heavy atom. The number of nitrogens with zero attached hydrogens (tertiary/aromatic N) is 2. The van der Waals surface area contributed by atoms with Crippen LogP contribution in [0.2, 0.25) is 10.0 Å². The lowest BCUT2D eigenvalue weighted by molar-refractivity contribution is -0.185. The van der Waals surface area contributed by atoms with Gasteiger partial charge in [-0.3, -0.25) is 9.59 Å².